The summed E-state index contributed by atoms with van der Waals surface area (Å²) in [6.45, 7) is 3.84. The Labute approximate surface area is 133 Å². The highest BCUT2D eigenvalue weighted by molar-refractivity contribution is 5.86. The maximum absolute atomic E-state index is 12.8. The van der Waals surface area contributed by atoms with Gasteiger partial charge in [0, 0.05) is 18.5 Å². The average Bonchev–Trinajstić information content (AvgIpc) is 3.00. The molecule has 1 fully saturated rings. The van der Waals surface area contributed by atoms with E-state index in [0.717, 1.165) is 11.1 Å². The van der Waals surface area contributed by atoms with E-state index >= 15 is 0 Å². The summed E-state index contributed by atoms with van der Waals surface area (Å²) in [5.41, 5.74) is 1.78. The van der Waals surface area contributed by atoms with E-state index in [0.29, 0.717) is 43.4 Å². The summed E-state index contributed by atoms with van der Waals surface area (Å²) in [5.74, 6) is 1.20. The normalized spacial score (nSPS) is 19.9. The number of amides is 1. The number of rotatable bonds is 6. The molecular formula is C17H18FN3O2. The summed E-state index contributed by atoms with van der Waals surface area (Å²) < 4.78 is 18.1. The fraction of sp³-hybridized carbons (Fsp3) is 0.353. The highest BCUT2D eigenvalue weighted by Gasteiger charge is 2.30. The molecule has 1 aromatic heterocycles. The van der Waals surface area contributed by atoms with Gasteiger partial charge in [-0.05, 0) is 42.5 Å². The molecule has 0 radical (unpaired) electrons. The van der Waals surface area contributed by atoms with Crippen molar-refractivity contribution in [1.82, 2.24) is 15.5 Å². The van der Waals surface area contributed by atoms with Crippen LogP contribution in [-0.4, -0.2) is 22.2 Å². The molecule has 0 bridgehead atoms. The molecule has 0 saturated heterocycles. The highest BCUT2D eigenvalue weighted by Crippen LogP contribution is 2.32. The van der Waals surface area contributed by atoms with Crippen LogP contribution < -0.4 is 5.32 Å². The molecule has 3 rings (SSSR count). The summed E-state index contributed by atoms with van der Waals surface area (Å²) in [5, 5.41) is 6.67. The second kappa shape index (κ2) is 6.73. The average molecular weight is 315 g/mol. The molecular weight excluding hydrogens is 297 g/mol. The molecule has 0 atom stereocenters. The Kier molecular flexibility index (Phi) is 4.50. The molecule has 2 aromatic rings. The number of benzene rings is 1. The van der Waals surface area contributed by atoms with Crippen molar-refractivity contribution in [2.45, 2.75) is 32.0 Å². The van der Waals surface area contributed by atoms with Gasteiger partial charge >= 0.3 is 0 Å². The third-order valence-corrected chi connectivity index (χ3v) is 3.97. The van der Waals surface area contributed by atoms with Gasteiger partial charge in [0.15, 0.2) is 5.82 Å². The van der Waals surface area contributed by atoms with Crippen LogP contribution >= 0.6 is 0 Å². The molecule has 1 heterocycles. The lowest BCUT2D eigenvalue weighted by atomic mass is 9.81. The van der Waals surface area contributed by atoms with Gasteiger partial charge in [0.1, 0.15) is 6.17 Å². The van der Waals surface area contributed by atoms with Crippen LogP contribution in [0.5, 0.6) is 0 Å². The van der Waals surface area contributed by atoms with Gasteiger partial charge in [-0.25, -0.2) is 4.39 Å². The van der Waals surface area contributed by atoms with E-state index in [4.69, 9.17) is 4.52 Å². The van der Waals surface area contributed by atoms with Crippen LogP contribution in [0.15, 0.2) is 41.4 Å². The minimum Gasteiger partial charge on any atom is -0.348 e. The fourth-order valence-corrected chi connectivity index (χ4v) is 2.56. The van der Waals surface area contributed by atoms with Crippen LogP contribution in [0.4, 0.5) is 4.39 Å². The SMILES string of the molecule is C=CC(=O)NCc1ccc(-c2nc(CC3CC(F)C3)no2)cc1. The first-order valence-corrected chi connectivity index (χ1v) is 7.60. The third kappa shape index (κ3) is 3.83. The molecule has 1 aromatic carbocycles. The lowest BCUT2D eigenvalue weighted by Gasteiger charge is -2.28. The van der Waals surface area contributed by atoms with E-state index < -0.39 is 6.17 Å². The number of halogens is 1. The van der Waals surface area contributed by atoms with Crippen molar-refractivity contribution in [3.05, 3.63) is 48.3 Å². The van der Waals surface area contributed by atoms with Crippen molar-refractivity contribution in [2.75, 3.05) is 0 Å². The second-order valence-corrected chi connectivity index (χ2v) is 5.77. The van der Waals surface area contributed by atoms with Crippen molar-refractivity contribution in [1.29, 1.82) is 0 Å². The van der Waals surface area contributed by atoms with Crippen LogP contribution in [0.25, 0.3) is 11.5 Å². The number of carbonyl (C=O) groups excluding carboxylic acids is 1. The van der Waals surface area contributed by atoms with Gasteiger partial charge in [0.25, 0.3) is 5.89 Å². The second-order valence-electron chi connectivity index (χ2n) is 5.77. The Morgan fingerprint density at radius 2 is 2.13 bits per heavy atom. The molecule has 1 amide bonds. The molecule has 0 spiro atoms. The number of hydrogen-bond donors (Lipinski definition) is 1. The van der Waals surface area contributed by atoms with Crippen LogP contribution in [0.3, 0.4) is 0 Å². The van der Waals surface area contributed by atoms with E-state index in [-0.39, 0.29) is 5.91 Å². The summed E-state index contributed by atoms with van der Waals surface area (Å²) in [7, 11) is 0. The molecule has 0 aliphatic heterocycles. The largest absolute Gasteiger partial charge is 0.348 e. The maximum Gasteiger partial charge on any atom is 0.257 e. The molecule has 1 aliphatic carbocycles. The van der Waals surface area contributed by atoms with E-state index in [1.54, 1.807) is 0 Å². The molecule has 1 aliphatic rings. The predicted molar refractivity (Wildman–Crippen MR) is 83.1 cm³/mol. The van der Waals surface area contributed by atoms with Gasteiger partial charge in [-0.2, -0.15) is 4.98 Å². The standard InChI is InChI=1S/C17H18FN3O2/c1-2-16(22)19-10-11-3-5-13(6-4-11)17-20-15(21-23-17)9-12-7-14(18)8-12/h2-6,12,14H,1,7-10H2,(H,19,22). The number of carbonyl (C=O) groups is 1. The highest BCUT2D eigenvalue weighted by atomic mass is 19.1. The summed E-state index contributed by atoms with van der Waals surface area (Å²) in [6.07, 6.45) is 2.42. The van der Waals surface area contributed by atoms with Gasteiger partial charge in [0.05, 0.1) is 0 Å². The zero-order valence-corrected chi connectivity index (χ0v) is 12.7. The number of nitrogens with one attached hydrogen (secondary N) is 1. The number of aromatic nitrogens is 2. The van der Waals surface area contributed by atoms with Crippen molar-refractivity contribution >= 4 is 5.91 Å². The van der Waals surface area contributed by atoms with Gasteiger partial charge in [0.2, 0.25) is 5.91 Å². The van der Waals surface area contributed by atoms with Crippen LogP contribution in [-0.2, 0) is 17.8 Å². The molecule has 6 heteroatoms. The van der Waals surface area contributed by atoms with E-state index in [1.807, 2.05) is 24.3 Å². The zero-order chi connectivity index (χ0) is 16.2. The third-order valence-electron chi connectivity index (χ3n) is 3.97. The quantitative estimate of drug-likeness (QED) is 0.832. The Morgan fingerprint density at radius 1 is 1.39 bits per heavy atom. The van der Waals surface area contributed by atoms with E-state index in [1.165, 1.54) is 6.08 Å². The Balaban J connectivity index is 1.59. The van der Waals surface area contributed by atoms with Crippen LogP contribution in [0.1, 0.15) is 24.2 Å². The summed E-state index contributed by atoms with van der Waals surface area (Å²) >= 11 is 0. The lowest BCUT2D eigenvalue weighted by molar-refractivity contribution is -0.116. The lowest BCUT2D eigenvalue weighted by Crippen LogP contribution is -2.26. The molecule has 1 saturated carbocycles. The Hall–Kier alpha value is -2.50. The van der Waals surface area contributed by atoms with Gasteiger partial charge in [-0.15, -0.1) is 0 Å². The van der Waals surface area contributed by atoms with Crippen molar-refractivity contribution in [2.24, 2.45) is 5.92 Å². The summed E-state index contributed by atoms with van der Waals surface area (Å²) in [6, 6.07) is 7.52. The number of nitrogens with zero attached hydrogens (tertiary/aromatic N) is 2. The molecule has 1 N–H and O–H groups in total. The molecule has 5 nitrogen and oxygen atoms in total. The van der Waals surface area contributed by atoms with Crippen LogP contribution in [0.2, 0.25) is 0 Å². The van der Waals surface area contributed by atoms with Crippen molar-refractivity contribution in [3.8, 4) is 11.5 Å². The molecule has 23 heavy (non-hydrogen) atoms. The minimum absolute atomic E-state index is 0.206. The summed E-state index contributed by atoms with van der Waals surface area (Å²) in [4.78, 5) is 15.5. The smallest absolute Gasteiger partial charge is 0.257 e. The molecule has 120 valence electrons. The van der Waals surface area contributed by atoms with Crippen molar-refractivity contribution in [3.63, 3.8) is 0 Å². The monoisotopic (exact) mass is 315 g/mol. The number of hydrogen-bond acceptors (Lipinski definition) is 4. The first-order valence-electron chi connectivity index (χ1n) is 7.60. The van der Waals surface area contributed by atoms with Gasteiger partial charge in [-0.3, -0.25) is 4.79 Å². The Morgan fingerprint density at radius 3 is 2.78 bits per heavy atom. The van der Waals surface area contributed by atoms with Crippen LogP contribution in [0, 0.1) is 5.92 Å². The molecule has 0 unspecified atom stereocenters. The first-order chi connectivity index (χ1) is 11.1. The van der Waals surface area contributed by atoms with E-state index in [9.17, 15) is 9.18 Å². The number of alkyl halides is 1. The zero-order valence-electron chi connectivity index (χ0n) is 12.7. The van der Waals surface area contributed by atoms with Gasteiger partial charge in [-0.1, -0.05) is 23.9 Å². The van der Waals surface area contributed by atoms with E-state index in [2.05, 4.69) is 22.0 Å². The minimum atomic E-state index is -0.666. The van der Waals surface area contributed by atoms with Crippen molar-refractivity contribution < 1.29 is 13.7 Å². The first kappa shape index (κ1) is 15.4. The van der Waals surface area contributed by atoms with Gasteiger partial charge < -0.3 is 9.84 Å². The maximum atomic E-state index is 12.8. The fourth-order valence-electron chi connectivity index (χ4n) is 2.56. The topological polar surface area (TPSA) is 68.0 Å². The predicted octanol–water partition coefficient (Wildman–Crippen LogP) is 2.83. The Bertz CT molecular complexity index is 690.